The molecule has 0 atom stereocenters. The molecular formula is C8H15NO. The van der Waals surface area contributed by atoms with E-state index in [4.69, 9.17) is 4.74 Å². The summed E-state index contributed by atoms with van der Waals surface area (Å²) in [7, 11) is 3.87. The lowest BCUT2D eigenvalue weighted by atomic mass is 10.1. The molecule has 0 aliphatic carbocycles. The lowest BCUT2D eigenvalue weighted by Gasteiger charge is -2.23. The van der Waals surface area contributed by atoms with Gasteiger partial charge in [-0.1, -0.05) is 0 Å². The number of ether oxygens (including phenoxy) is 1. The van der Waals surface area contributed by atoms with Crippen LogP contribution in [-0.2, 0) is 4.74 Å². The molecule has 0 amide bonds. The summed E-state index contributed by atoms with van der Waals surface area (Å²) >= 11 is 0. The lowest BCUT2D eigenvalue weighted by Crippen LogP contribution is -2.26. The fourth-order valence-corrected chi connectivity index (χ4v) is 1.19. The Morgan fingerprint density at radius 3 is 2.50 bits per heavy atom. The SMILES string of the molecule is COC=C1CCN(C)CC1. The van der Waals surface area contributed by atoms with Gasteiger partial charge in [-0.2, -0.15) is 0 Å². The van der Waals surface area contributed by atoms with Gasteiger partial charge >= 0.3 is 0 Å². The average Bonchev–Trinajstić information content (AvgIpc) is 1.95. The van der Waals surface area contributed by atoms with Crippen molar-refractivity contribution in [3.63, 3.8) is 0 Å². The van der Waals surface area contributed by atoms with Crippen LogP contribution >= 0.6 is 0 Å². The molecule has 0 radical (unpaired) electrons. The number of piperidine rings is 1. The van der Waals surface area contributed by atoms with E-state index in [2.05, 4.69) is 11.9 Å². The lowest BCUT2D eigenvalue weighted by molar-refractivity contribution is 0.291. The normalized spacial score (nSPS) is 20.8. The maximum atomic E-state index is 4.94. The van der Waals surface area contributed by atoms with Crippen LogP contribution in [0.1, 0.15) is 12.8 Å². The highest BCUT2D eigenvalue weighted by atomic mass is 16.5. The number of hydrogen-bond acceptors (Lipinski definition) is 2. The molecule has 1 heterocycles. The molecule has 2 heteroatoms. The van der Waals surface area contributed by atoms with E-state index in [0.717, 1.165) is 0 Å². The van der Waals surface area contributed by atoms with Crippen LogP contribution in [0.25, 0.3) is 0 Å². The average molecular weight is 141 g/mol. The van der Waals surface area contributed by atoms with E-state index in [9.17, 15) is 0 Å². The van der Waals surface area contributed by atoms with Gasteiger partial charge in [-0.3, -0.25) is 0 Å². The molecule has 0 spiro atoms. The zero-order chi connectivity index (χ0) is 7.40. The summed E-state index contributed by atoms with van der Waals surface area (Å²) in [4.78, 5) is 2.34. The molecular weight excluding hydrogens is 126 g/mol. The molecule has 1 rings (SSSR count). The fraction of sp³-hybridized carbons (Fsp3) is 0.750. The van der Waals surface area contributed by atoms with Crippen molar-refractivity contribution in [3.05, 3.63) is 11.8 Å². The van der Waals surface area contributed by atoms with Crippen LogP contribution in [0.3, 0.4) is 0 Å². The van der Waals surface area contributed by atoms with E-state index < -0.39 is 0 Å². The minimum Gasteiger partial charge on any atom is -0.504 e. The largest absolute Gasteiger partial charge is 0.504 e. The number of likely N-dealkylation sites (tertiary alicyclic amines) is 1. The molecule has 1 saturated heterocycles. The van der Waals surface area contributed by atoms with Gasteiger partial charge in [0, 0.05) is 13.1 Å². The van der Waals surface area contributed by atoms with Crippen molar-refractivity contribution >= 4 is 0 Å². The third kappa shape index (κ3) is 2.03. The first kappa shape index (κ1) is 7.61. The predicted molar refractivity (Wildman–Crippen MR) is 41.8 cm³/mol. The maximum absolute atomic E-state index is 4.94. The van der Waals surface area contributed by atoms with Gasteiger partial charge in [-0.05, 0) is 25.5 Å². The topological polar surface area (TPSA) is 12.5 Å². The standard InChI is InChI=1S/C8H15NO/c1-9-5-3-8(4-6-9)7-10-2/h7H,3-6H2,1-2H3. The van der Waals surface area contributed by atoms with E-state index in [1.807, 2.05) is 6.26 Å². The molecule has 0 N–H and O–H groups in total. The van der Waals surface area contributed by atoms with Crippen LogP contribution in [0.4, 0.5) is 0 Å². The van der Waals surface area contributed by atoms with Crippen molar-refractivity contribution in [1.82, 2.24) is 4.90 Å². The van der Waals surface area contributed by atoms with Gasteiger partial charge < -0.3 is 9.64 Å². The first-order valence-electron chi connectivity index (χ1n) is 3.72. The van der Waals surface area contributed by atoms with Crippen LogP contribution in [0.2, 0.25) is 0 Å². The van der Waals surface area contributed by atoms with Gasteiger partial charge in [-0.15, -0.1) is 0 Å². The molecule has 1 aliphatic rings. The van der Waals surface area contributed by atoms with E-state index in [1.54, 1.807) is 7.11 Å². The molecule has 10 heavy (non-hydrogen) atoms. The second kappa shape index (κ2) is 3.62. The Kier molecular flexibility index (Phi) is 2.75. The fourth-order valence-electron chi connectivity index (χ4n) is 1.19. The van der Waals surface area contributed by atoms with E-state index in [-0.39, 0.29) is 0 Å². The quantitative estimate of drug-likeness (QED) is 0.509. The van der Waals surface area contributed by atoms with Crippen LogP contribution in [0.15, 0.2) is 11.8 Å². The minimum absolute atomic E-state index is 1.17. The summed E-state index contributed by atoms with van der Waals surface area (Å²) in [5.41, 5.74) is 1.45. The van der Waals surface area contributed by atoms with Gasteiger partial charge in [-0.25, -0.2) is 0 Å². The molecule has 58 valence electrons. The summed E-state index contributed by atoms with van der Waals surface area (Å²) in [5.74, 6) is 0. The van der Waals surface area contributed by atoms with Crippen molar-refractivity contribution in [2.75, 3.05) is 27.2 Å². The highest BCUT2D eigenvalue weighted by molar-refractivity contribution is 5.01. The van der Waals surface area contributed by atoms with Gasteiger partial charge in [0.2, 0.25) is 0 Å². The third-order valence-corrected chi connectivity index (χ3v) is 1.91. The van der Waals surface area contributed by atoms with Crippen LogP contribution in [-0.4, -0.2) is 32.1 Å². The van der Waals surface area contributed by atoms with E-state index >= 15 is 0 Å². The van der Waals surface area contributed by atoms with Crippen LogP contribution < -0.4 is 0 Å². The number of rotatable bonds is 1. The molecule has 0 aromatic carbocycles. The molecule has 0 unspecified atom stereocenters. The second-order valence-corrected chi connectivity index (χ2v) is 2.82. The second-order valence-electron chi connectivity index (χ2n) is 2.82. The maximum Gasteiger partial charge on any atom is 0.0817 e. The molecule has 1 aliphatic heterocycles. The molecule has 0 aromatic heterocycles. The predicted octanol–water partition coefficient (Wildman–Crippen LogP) is 1.24. The zero-order valence-electron chi connectivity index (χ0n) is 6.76. The van der Waals surface area contributed by atoms with Crippen molar-refractivity contribution in [1.29, 1.82) is 0 Å². The first-order valence-corrected chi connectivity index (χ1v) is 3.72. The Labute approximate surface area is 62.5 Å². The Morgan fingerprint density at radius 1 is 1.40 bits per heavy atom. The molecule has 2 nitrogen and oxygen atoms in total. The van der Waals surface area contributed by atoms with Crippen LogP contribution in [0.5, 0.6) is 0 Å². The monoisotopic (exact) mass is 141 g/mol. The third-order valence-electron chi connectivity index (χ3n) is 1.91. The zero-order valence-corrected chi connectivity index (χ0v) is 6.76. The van der Waals surface area contributed by atoms with Gasteiger partial charge in [0.05, 0.1) is 13.4 Å². The number of hydrogen-bond donors (Lipinski definition) is 0. The smallest absolute Gasteiger partial charge is 0.0817 e. The minimum atomic E-state index is 1.17. The number of methoxy groups -OCH3 is 1. The summed E-state index contributed by atoms with van der Waals surface area (Å²) in [6.45, 7) is 2.35. The van der Waals surface area contributed by atoms with Crippen molar-refractivity contribution in [2.24, 2.45) is 0 Å². The molecule has 0 aromatic rings. The van der Waals surface area contributed by atoms with E-state index in [1.165, 1.54) is 31.5 Å². The Bertz CT molecular complexity index is 121. The van der Waals surface area contributed by atoms with Gasteiger partial charge in [0.15, 0.2) is 0 Å². The molecule has 0 bridgehead atoms. The Hall–Kier alpha value is -0.500. The van der Waals surface area contributed by atoms with Crippen molar-refractivity contribution in [2.45, 2.75) is 12.8 Å². The van der Waals surface area contributed by atoms with Crippen molar-refractivity contribution in [3.8, 4) is 0 Å². The summed E-state index contributed by atoms with van der Waals surface area (Å²) < 4.78 is 4.94. The highest BCUT2D eigenvalue weighted by Gasteiger charge is 2.08. The summed E-state index contributed by atoms with van der Waals surface area (Å²) in [6, 6.07) is 0. The Balaban J connectivity index is 2.32. The van der Waals surface area contributed by atoms with Gasteiger partial charge in [0.25, 0.3) is 0 Å². The van der Waals surface area contributed by atoms with Gasteiger partial charge in [0.1, 0.15) is 0 Å². The molecule has 0 saturated carbocycles. The highest BCUT2D eigenvalue weighted by Crippen LogP contribution is 2.13. The van der Waals surface area contributed by atoms with Crippen molar-refractivity contribution < 1.29 is 4.74 Å². The molecule has 1 fully saturated rings. The summed E-state index contributed by atoms with van der Waals surface area (Å²) in [5, 5.41) is 0. The summed E-state index contributed by atoms with van der Waals surface area (Å²) in [6.07, 6.45) is 4.22. The Morgan fingerprint density at radius 2 is 2.00 bits per heavy atom. The van der Waals surface area contributed by atoms with Crippen LogP contribution in [0, 0.1) is 0 Å². The van der Waals surface area contributed by atoms with E-state index in [0.29, 0.717) is 0 Å². The number of nitrogens with zero attached hydrogens (tertiary/aromatic N) is 1. The first-order chi connectivity index (χ1) is 4.83.